The van der Waals surface area contributed by atoms with Gasteiger partial charge >= 0.3 is 0 Å². The number of dihydropyridines is 1. The fraction of sp³-hybridized carbons (Fsp3) is 0.150. The maximum atomic E-state index is 12.4. The molecule has 1 unspecified atom stereocenters. The molecule has 2 aromatic rings. The molecule has 0 saturated heterocycles. The third-order valence-corrected chi connectivity index (χ3v) is 4.40. The summed E-state index contributed by atoms with van der Waals surface area (Å²) in [6, 6.07) is 20.5. The van der Waals surface area contributed by atoms with Gasteiger partial charge in [0.25, 0.3) is 0 Å². The van der Waals surface area contributed by atoms with Gasteiger partial charge in [0.2, 0.25) is 5.91 Å². The van der Waals surface area contributed by atoms with Crippen LogP contribution >= 0.6 is 0 Å². The second-order valence-corrected chi connectivity index (χ2v) is 5.86. The third kappa shape index (κ3) is 2.55. The summed E-state index contributed by atoms with van der Waals surface area (Å²) < 4.78 is 0. The number of allylic oxidation sites excluding steroid dienone is 1. The lowest BCUT2D eigenvalue weighted by Crippen LogP contribution is -2.39. The molecule has 1 atom stereocenters. The molecule has 0 spiro atoms. The lowest BCUT2D eigenvalue weighted by Gasteiger charge is -2.32. The first-order chi connectivity index (χ1) is 11.3. The fourth-order valence-corrected chi connectivity index (χ4v) is 3.29. The Morgan fingerprint density at radius 2 is 1.61 bits per heavy atom. The largest absolute Gasteiger partial charge is 0.358 e. The Balaban J connectivity index is 1.83. The average Bonchev–Trinajstić information content (AvgIpc) is 2.62. The van der Waals surface area contributed by atoms with Crippen LogP contribution in [0.15, 0.2) is 78.0 Å². The van der Waals surface area contributed by atoms with E-state index < -0.39 is 0 Å². The normalized spacial score (nSPS) is 20.3. The first-order valence-electron chi connectivity index (χ1n) is 7.93. The van der Waals surface area contributed by atoms with Crippen molar-refractivity contribution in [3.63, 3.8) is 0 Å². The van der Waals surface area contributed by atoms with Gasteiger partial charge in [0, 0.05) is 35.9 Å². The standard InChI is InChI=1S/C20H18N2O/c23-20-19-16(14-7-3-1-4-8-14)13-18(15-9-5-2-6-10-15)22-17(19)11-12-21-20/h1-10,13,16,22H,11-12H2,(H,21,23). The zero-order valence-corrected chi connectivity index (χ0v) is 12.8. The van der Waals surface area contributed by atoms with Gasteiger partial charge in [-0.3, -0.25) is 4.79 Å². The van der Waals surface area contributed by atoms with E-state index >= 15 is 0 Å². The summed E-state index contributed by atoms with van der Waals surface area (Å²) >= 11 is 0. The van der Waals surface area contributed by atoms with Gasteiger partial charge in [0.1, 0.15) is 0 Å². The van der Waals surface area contributed by atoms with Gasteiger partial charge in [-0.2, -0.15) is 0 Å². The van der Waals surface area contributed by atoms with Crippen molar-refractivity contribution in [2.24, 2.45) is 0 Å². The highest BCUT2D eigenvalue weighted by Gasteiger charge is 2.31. The Bertz CT molecular complexity index is 791. The first kappa shape index (κ1) is 13.8. The molecule has 0 radical (unpaired) electrons. The smallest absolute Gasteiger partial charge is 0.249 e. The van der Waals surface area contributed by atoms with Crippen LogP contribution in [0, 0.1) is 0 Å². The predicted octanol–water partition coefficient (Wildman–Crippen LogP) is 3.19. The van der Waals surface area contributed by atoms with Crippen molar-refractivity contribution < 1.29 is 4.79 Å². The van der Waals surface area contributed by atoms with Crippen LogP contribution in [0.2, 0.25) is 0 Å². The average molecular weight is 302 g/mol. The van der Waals surface area contributed by atoms with E-state index in [2.05, 4.69) is 41.0 Å². The van der Waals surface area contributed by atoms with Crippen molar-refractivity contribution >= 4 is 11.6 Å². The molecule has 2 aromatic carbocycles. The molecular formula is C20H18N2O. The van der Waals surface area contributed by atoms with Crippen molar-refractivity contribution in [2.45, 2.75) is 12.3 Å². The summed E-state index contributed by atoms with van der Waals surface area (Å²) in [7, 11) is 0. The van der Waals surface area contributed by atoms with Gasteiger partial charge in [-0.1, -0.05) is 60.7 Å². The van der Waals surface area contributed by atoms with Crippen LogP contribution in [0.3, 0.4) is 0 Å². The van der Waals surface area contributed by atoms with E-state index in [0.717, 1.165) is 34.5 Å². The summed E-state index contributed by atoms with van der Waals surface area (Å²) in [4.78, 5) is 12.4. The quantitative estimate of drug-likeness (QED) is 0.894. The SMILES string of the molecule is O=C1NCCC2=C1C(c1ccccc1)C=C(c1ccccc1)N2. The van der Waals surface area contributed by atoms with Gasteiger partial charge in [-0.05, 0) is 17.2 Å². The number of hydrogen-bond donors (Lipinski definition) is 2. The molecule has 114 valence electrons. The van der Waals surface area contributed by atoms with Gasteiger partial charge in [0.05, 0.1) is 0 Å². The minimum absolute atomic E-state index is 0.0112. The number of nitrogens with one attached hydrogen (secondary N) is 2. The van der Waals surface area contributed by atoms with E-state index in [1.165, 1.54) is 0 Å². The summed E-state index contributed by atoms with van der Waals surface area (Å²) in [6.45, 7) is 0.689. The molecule has 0 bridgehead atoms. The zero-order chi connectivity index (χ0) is 15.6. The van der Waals surface area contributed by atoms with E-state index in [-0.39, 0.29) is 11.8 Å². The summed E-state index contributed by atoms with van der Waals surface area (Å²) in [6.07, 6.45) is 3.00. The van der Waals surface area contributed by atoms with Crippen molar-refractivity contribution in [3.05, 3.63) is 89.1 Å². The summed E-state index contributed by atoms with van der Waals surface area (Å²) in [5, 5.41) is 6.45. The highest BCUT2D eigenvalue weighted by atomic mass is 16.1. The number of hydrogen-bond acceptors (Lipinski definition) is 2. The van der Waals surface area contributed by atoms with Crippen molar-refractivity contribution in [1.82, 2.24) is 10.6 Å². The van der Waals surface area contributed by atoms with Crippen LogP contribution in [0.25, 0.3) is 5.70 Å². The zero-order valence-electron chi connectivity index (χ0n) is 12.8. The monoisotopic (exact) mass is 302 g/mol. The van der Waals surface area contributed by atoms with E-state index in [1.807, 2.05) is 36.4 Å². The first-order valence-corrected chi connectivity index (χ1v) is 7.93. The molecule has 4 rings (SSSR count). The van der Waals surface area contributed by atoms with E-state index in [4.69, 9.17) is 0 Å². The third-order valence-electron chi connectivity index (χ3n) is 4.40. The molecule has 2 aliphatic rings. The Morgan fingerprint density at radius 3 is 2.35 bits per heavy atom. The second-order valence-electron chi connectivity index (χ2n) is 5.86. The molecule has 2 heterocycles. The Labute approximate surface area is 135 Å². The van der Waals surface area contributed by atoms with Gasteiger partial charge in [-0.25, -0.2) is 0 Å². The molecule has 3 heteroatoms. The highest BCUT2D eigenvalue weighted by Crippen LogP contribution is 2.36. The maximum Gasteiger partial charge on any atom is 0.249 e. The summed E-state index contributed by atoms with van der Waals surface area (Å²) in [5.41, 5.74) is 5.26. The Morgan fingerprint density at radius 1 is 0.913 bits per heavy atom. The van der Waals surface area contributed by atoms with E-state index in [1.54, 1.807) is 0 Å². The Kier molecular flexibility index (Phi) is 3.46. The van der Waals surface area contributed by atoms with Crippen LogP contribution in [0.1, 0.15) is 23.5 Å². The lowest BCUT2D eigenvalue weighted by molar-refractivity contribution is -0.118. The number of amides is 1. The van der Waals surface area contributed by atoms with Gasteiger partial charge in [-0.15, -0.1) is 0 Å². The highest BCUT2D eigenvalue weighted by molar-refractivity contribution is 5.98. The number of rotatable bonds is 2. The molecule has 2 N–H and O–H groups in total. The molecule has 3 nitrogen and oxygen atoms in total. The maximum absolute atomic E-state index is 12.4. The number of benzene rings is 2. The number of carbonyl (C=O) groups excluding carboxylic acids is 1. The van der Waals surface area contributed by atoms with Crippen LogP contribution in [-0.4, -0.2) is 12.5 Å². The van der Waals surface area contributed by atoms with Crippen molar-refractivity contribution in [2.75, 3.05) is 6.54 Å². The van der Waals surface area contributed by atoms with Crippen LogP contribution in [0.4, 0.5) is 0 Å². The fourth-order valence-electron chi connectivity index (χ4n) is 3.29. The van der Waals surface area contributed by atoms with Gasteiger partial charge in [0.15, 0.2) is 0 Å². The van der Waals surface area contributed by atoms with Crippen LogP contribution < -0.4 is 10.6 Å². The molecule has 2 aliphatic heterocycles. The molecule has 0 aromatic heterocycles. The summed E-state index contributed by atoms with van der Waals surface area (Å²) in [5.74, 6) is 0.0268. The van der Waals surface area contributed by atoms with Crippen molar-refractivity contribution in [1.29, 1.82) is 0 Å². The predicted molar refractivity (Wildman–Crippen MR) is 91.4 cm³/mol. The minimum atomic E-state index is -0.0112. The molecule has 0 aliphatic carbocycles. The van der Waals surface area contributed by atoms with E-state index in [0.29, 0.717) is 6.54 Å². The minimum Gasteiger partial charge on any atom is -0.358 e. The molecule has 1 amide bonds. The second kappa shape index (κ2) is 5.76. The van der Waals surface area contributed by atoms with E-state index in [9.17, 15) is 4.79 Å². The van der Waals surface area contributed by atoms with Crippen LogP contribution in [0.5, 0.6) is 0 Å². The number of carbonyl (C=O) groups is 1. The van der Waals surface area contributed by atoms with Gasteiger partial charge < -0.3 is 10.6 Å². The molecule has 0 fully saturated rings. The van der Waals surface area contributed by atoms with Crippen molar-refractivity contribution in [3.8, 4) is 0 Å². The molecular weight excluding hydrogens is 284 g/mol. The topological polar surface area (TPSA) is 41.1 Å². The Hall–Kier alpha value is -2.81. The van der Waals surface area contributed by atoms with Crippen LogP contribution in [-0.2, 0) is 4.79 Å². The lowest BCUT2D eigenvalue weighted by atomic mass is 9.83. The molecule has 23 heavy (non-hydrogen) atoms. The molecule has 0 saturated carbocycles.